The van der Waals surface area contributed by atoms with Gasteiger partial charge in [-0.3, -0.25) is 5.32 Å². The summed E-state index contributed by atoms with van der Waals surface area (Å²) < 4.78 is 0. The molecule has 0 unspecified atom stereocenters. The van der Waals surface area contributed by atoms with E-state index in [9.17, 15) is 10.2 Å². The van der Waals surface area contributed by atoms with Crippen LogP contribution in [0.4, 0.5) is 0 Å². The molecule has 0 aromatic heterocycles. The van der Waals surface area contributed by atoms with Crippen LogP contribution < -0.4 is 5.32 Å². The van der Waals surface area contributed by atoms with Gasteiger partial charge in [-0.05, 0) is 11.1 Å². The summed E-state index contributed by atoms with van der Waals surface area (Å²) in [5, 5.41) is 22.3. The molecule has 0 aliphatic rings. The van der Waals surface area contributed by atoms with Gasteiger partial charge < -0.3 is 10.2 Å². The van der Waals surface area contributed by atoms with Crippen molar-refractivity contribution in [1.29, 1.82) is 0 Å². The van der Waals surface area contributed by atoms with E-state index in [4.69, 9.17) is 0 Å². The normalized spacial score (nSPS) is 14.0. The van der Waals surface area contributed by atoms with Gasteiger partial charge in [0.25, 0.3) is 0 Å². The van der Waals surface area contributed by atoms with Gasteiger partial charge in [-0.15, -0.1) is 0 Å². The third kappa shape index (κ3) is 3.64. The Morgan fingerprint density at radius 2 is 1.05 bits per heavy atom. The molecule has 0 aliphatic carbocycles. The monoisotopic (exact) mass is 257 g/mol. The lowest BCUT2D eigenvalue weighted by Crippen LogP contribution is -2.31. The van der Waals surface area contributed by atoms with Gasteiger partial charge in [0.15, 0.2) is 0 Å². The second kappa shape index (κ2) is 7.04. The molecule has 100 valence electrons. The molecule has 2 aromatic rings. The third-order valence-electron chi connectivity index (χ3n) is 3.17. The van der Waals surface area contributed by atoms with E-state index >= 15 is 0 Å². The molecule has 0 heterocycles. The van der Waals surface area contributed by atoms with Gasteiger partial charge in [0.2, 0.25) is 0 Å². The number of hydrogen-bond acceptors (Lipinski definition) is 3. The molecule has 0 spiro atoms. The van der Waals surface area contributed by atoms with Crippen molar-refractivity contribution in [1.82, 2.24) is 5.32 Å². The van der Waals surface area contributed by atoms with Gasteiger partial charge >= 0.3 is 0 Å². The maximum absolute atomic E-state index is 9.53. The minimum absolute atomic E-state index is 0.00660. The van der Waals surface area contributed by atoms with Gasteiger partial charge in [0, 0.05) is 0 Å². The Morgan fingerprint density at radius 1 is 0.684 bits per heavy atom. The molecule has 2 rings (SSSR count). The Bertz CT molecular complexity index is 427. The predicted octanol–water partition coefficient (Wildman–Crippen LogP) is 2.04. The minimum atomic E-state index is -0.182. The first-order chi connectivity index (χ1) is 9.35. The van der Waals surface area contributed by atoms with Crippen LogP contribution in [0.2, 0.25) is 0 Å². The molecule has 0 aliphatic heterocycles. The fourth-order valence-electron chi connectivity index (χ4n) is 2.12. The van der Waals surface area contributed by atoms with Crippen LogP contribution in [0, 0.1) is 0 Å². The topological polar surface area (TPSA) is 52.5 Å². The molecular formula is C16H19NO2. The van der Waals surface area contributed by atoms with E-state index in [0.29, 0.717) is 0 Å². The predicted molar refractivity (Wildman–Crippen MR) is 75.7 cm³/mol. The average Bonchev–Trinajstić information content (AvgIpc) is 2.50. The SMILES string of the molecule is OC[C@H](N[C@@H](CO)c1ccccc1)c1ccccc1. The molecule has 3 nitrogen and oxygen atoms in total. The Hall–Kier alpha value is -1.68. The van der Waals surface area contributed by atoms with E-state index in [0.717, 1.165) is 11.1 Å². The van der Waals surface area contributed by atoms with Crippen molar-refractivity contribution in [3.63, 3.8) is 0 Å². The molecule has 0 bridgehead atoms. The molecule has 3 N–H and O–H groups in total. The number of benzene rings is 2. The van der Waals surface area contributed by atoms with Crippen LogP contribution in [0.25, 0.3) is 0 Å². The standard InChI is InChI=1S/C16H19NO2/c18-11-15(13-7-3-1-4-8-13)17-16(12-19)14-9-5-2-6-10-14/h1-10,15-19H,11-12H2/t15-,16-/m0/s1. The van der Waals surface area contributed by atoms with Crippen molar-refractivity contribution in [2.24, 2.45) is 0 Å². The van der Waals surface area contributed by atoms with Crippen LogP contribution in [0.1, 0.15) is 23.2 Å². The molecular weight excluding hydrogens is 238 g/mol. The number of aliphatic hydroxyl groups is 2. The average molecular weight is 257 g/mol. The highest BCUT2D eigenvalue weighted by molar-refractivity contribution is 5.22. The Balaban J connectivity index is 2.13. The zero-order chi connectivity index (χ0) is 13.5. The van der Waals surface area contributed by atoms with Crippen molar-refractivity contribution in [3.8, 4) is 0 Å². The largest absolute Gasteiger partial charge is 0.394 e. The highest BCUT2D eigenvalue weighted by Crippen LogP contribution is 2.19. The Labute approximate surface area is 113 Å². The summed E-state index contributed by atoms with van der Waals surface area (Å²) >= 11 is 0. The Morgan fingerprint density at radius 3 is 1.37 bits per heavy atom. The lowest BCUT2D eigenvalue weighted by Gasteiger charge is -2.24. The van der Waals surface area contributed by atoms with E-state index in [1.54, 1.807) is 0 Å². The molecule has 0 saturated carbocycles. The molecule has 19 heavy (non-hydrogen) atoms. The van der Waals surface area contributed by atoms with Gasteiger partial charge in [-0.1, -0.05) is 60.7 Å². The van der Waals surface area contributed by atoms with Crippen LogP contribution in [-0.2, 0) is 0 Å². The van der Waals surface area contributed by atoms with E-state index in [1.807, 2.05) is 60.7 Å². The number of hydrogen-bond donors (Lipinski definition) is 3. The van der Waals surface area contributed by atoms with Crippen molar-refractivity contribution in [3.05, 3.63) is 71.8 Å². The highest BCUT2D eigenvalue weighted by Gasteiger charge is 2.16. The van der Waals surface area contributed by atoms with Gasteiger partial charge in [-0.2, -0.15) is 0 Å². The van der Waals surface area contributed by atoms with Crippen molar-refractivity contribution >= 4 is 0 Å². The number of rotatable bonds is 6. The van der Waals surface area contributed by atoms with E-state index in [2.05, 4.69) is 5.32 Å². The van der Waals surface area contributed by atoms with Crippen molar-refractivity contribution < 1.29 is 10.2 Å². The van der Waals surface area contributed by atoms with Gasteiger partial charge in [0.1, 0.15) is 0 Å². The molecule has 2 aromatic carbocycles. The summed E-state index contributed by atoms with van der Waals surface area (Å²) in [4.78, 5) is 0. The highest BCUT2D eigenvalue weighted by atomic mass is 16.3. The quantitative estimate of drug-likeness (QED) is 0.742. The summed E-state index contributed by atoms with van der Waals surface area (Å²) in [6.45, 7) is -0.0132. The summed E-state index contributed by atoms with van der Waals surface area (Å²) in [7, 11) is 0. The molecule has 3 heteroatoms. The minimum Gasteiger partial charge on any atom is -0.394 e. The maximum atomic E-state index is 9.53. The van der Waals surface area contributed by atoms with Gasteiger partial charge in [-0.25, -0.2) is 0 Å². The number of nitrogens with one attached hydrogen (secondary N) is 1. The second-order valence-corrected chi connectivity index (χ2v) is 4.46. The van der Waals surface area contributed by atoms with Crippen molar-refractivity contribution in [2.45, 2.75) is 12.1 Å². The molecule has 2 atom stereocenters. The van der Waals surface area contributed by atoms with Crippen LogP contribution in [0.15, 0.2) is 60.7 Å². The summed E-state index contributed by atoms with van der Waals surface area (Å²) in [5.74, 6) is 0. The van der Waals surface area contributed by atoms with E-state index in [1.165, 1.54) is 0 Å². The van der Waals surface area contributed by atoms with Crippen molar-refractivity contribution in [2.75, 3.05) is 13.2 Å². The second-order valence-electron chi connectivity index (χ2n) is 4.46. The van der Waals surface area contributed by atoms with Crippen LogP contribution in [0.3, 0.4) is 0 Å². The fourth-order valence-corrected chi connectivity index (χ4v) is 2.12. The van der Waals surface area contributed by atoms with E-state index < -0.39 is 0 Å². The first-order valence-electron chi connectivity index (χ1n) is 6.43. The lowest BCUT2D eigenvalue weighted by molar-refractivity contribution is 0.194. The number of aliphatic hydroxyl groups excluding tert-OH is 2. The van der Waals surface area contributed by atoms with Gasteiger partial charge in [0.05, 0.1) is 25.3 Å². The Kier molecular flexibility index (Phi) is 5.10. The zero-order valence-electron chi connectivity index (χ0n) is 10.7. The first-order valence-corrected chi connectivity index (χ1v) is 6.43. The summed E-state index contributed by atoms with van der Waals surface area (Å²) in [6.07, 6.45) is 0. The van der Waals surface area contributed by atoms with Crippen LogP contribution >= 0.6 is 0 Å². The molecule has 0 radical (unpaired) electrons. The molecule has 0 fully saturated rings. The lowest BCUT2D eigenvalue weighted by atomic mass is 10.0. The van der Waals surface area contributed by atoms with Crippen LogP contribution in [-0.4, -0.2) is 23.4 Å². The molecule has 0 saturated heterocycles. The van der Waals surface area contributed by atoms with E-state index in [-0.39, 0.29) is 25.3 Å². The zero-order valence-corrected chi connectivity index (χ0v) is 10.7. The summed E-state index contributed by atoms with van der Waals surface area (Å²) in [5.41, 5.74) is 2.03. The maximum Gasteiger partial charge on any atom is 0.0626 e. The fraction of sp³-hybridized carbons (Fsp3) is 0.250. The first kappa shape index (κ1) is 13.7. The molecule has 0 amide bonds. The third-order valence-corrected chi connectivity index (χ3v) is 3.17. The smallest absolute Gasteiger partial charge is 0.0626 e. The van der Waals surface area contributed by atoms with Crippen LogP contribution in [0.5, 0.6) is 0 Å². The summed E-state index contributed by atoms with van der Waals surface area (Å²) in [6, 6.07) is 19.1.